The Morgan fingerprint density at radius 1 is 1.18 bits per heavy atom. The summed E-state index contributed by atoms with van der Waals surface area (Å²) in [5.41, 5.74) is 1.60. The van der Waals surface area contributed by atoms with Gasteiger partial charge < -0.3 is 4.98 Å². The van der Waals surface area contributed by atoms with E-state index in [9.17, 15) is 8.42 Å². The van der Waals surface area contributed by atoms with Gasteiger partial charge in [-0.2, -0.15) is 8.42 Å². The van der Waals surface area contributed by atoms with Crippen molar-refractivity contribution in [2.75, 3.05) is 4.72 Å². The van der Waals surface area contributed by atoms with Crippen molar-refractivity contribution in [1.82, 2.24) is 9.97 Å². The maximum atomic E-state index is 11.9. The maximum absolute atomic E-state index is 11.9. The van der Waals surface area contributed by atoms with Crippen molar-refractivity contribution in [2.24, 2.45) is 0 Å². The summed E-state index contributed by atoms with van der Waals surface area (Å²) in [5.74, 6) is 0.564. The van der Waals surface area contributed by atoms with Crippen LogP contribution in [0.2, 0.25) is 0 Å². The number of aromatic nitrogens is 2. The lowest BCUT2D eigenvalue weighted by Crippen LogP contribution is -2.13. The average Bonchev–Trinajstić information content (AvgIpc) is 2.69. The number of rotatable bonds is 3. The van der Waals surface area contributed by atoms with E-state index in [-0.39, 0.29) is 5.03 Å². The van der Waals surface area contributed by atoms with E-state index in [0.717, 1.165) is 5.56 Å². The molecular formula is C11H13N3O2S. The summed E-state index contributed by atoms with van der Waals surface area (Å²) in [4.78, 5) is 6.55. The van der Waals surface area contributed by atoms with E-state index >= 15 is 0 Å². The minimum Gasteiger partial charge on any atom is -0.332 e. The minimum absolute atomic E-state index is 0.0653. The topological polar surface area (TPSA) is 74.8 Å². The number of aromatic amines is 1. The molecule has 0 unspecified atom stereocenters. The van der Waals surface area contributed by atoms with Crippen molar-refractivity contribution < 1.29 is 8.42 Å². The molecule has 1 aromatic carbocycles. The lowest BCUT2D eigenvalue weighted by atomic mass is 10.2. The fourth-order valence-corrected chi connectivity index (χ4v) is 2.40. The zero-order valence-electron chi connectivity index (χ0n) is 9.56. The van der Waals surface area contributed by atoms with Crippen LogP contribution in [0.4, 0.5) is 5.69 Å². The number of aryl methyl sites for hydroxylation is 2. The molecule has 5 nitrogen and oxygen atoms in total. The van der Waals surface area contributed by atoms with Crippen molar-refractivity contribution >= 4 is 15.7 Å². The number of imidazole rings is 1. The molecule has 0 saturated heterocycles. The van der Waals surface area contributed by atoms with Crippen molar-refractivity contribution in [2.45, 2.75) is 18.9 Å². The van der Waals surface area contributed by atoms with Crippen LogP contribution in [0.15, 0.2) is 35.5 Å². The van der Waals surface area contributed by atoms with E-state index in [1.54, 1.807) is 19.1 Å². The van der Waals surface area contributed by atoms with Gasteiger partial charge in [0.25, 0.3) is 10.0 Å². The molecule has 2 aromatic rings. The van der Waals surface area contributed by atoms with E-state index in [1.165, 1.54) is 6.20 Å². The smallest absolute Gasteiger partial charge is 0.278 e. The Morgan fingerprint density at radius 2 is 1.82 bits per heavy atom. The van der Waals surface area contributed by atoms with E-state index in [1.807, 2.05) is 19.1 Å². The van der Waals surface area contributed by atoms with Crippen LogP contribution in [0.25, 0.3) is 0 Å². The van der Waals surface area contributed by atoms with Gasteiger partial charge in [0.1, 0.15) is 5.82 Å². The Morgan fingerprint density at radius 3 is 2.35 bits per heavy atom. The van der Waals surface area contributed by atoms with Crippen LogP contribution in [-0.4, -0.2) is 18.4 Å². The van der Waals surface area contributed by atoms with Crippen molar-refractivity contribution in [3.05, 3.63) is 41.9 Å². The van der Waals surface area contributed by atoms with Gasteiger partial charge >= 0.3 is 0 Å². The molecule has 0 amide bonds. The fourth-order valence-electron chi connectivity index (χ4n) is 1.37. The second-order valence-electron chi connectivity index (χ2n) is 3.80. The first kappa shape index (κ1) is 11.7. The van der Waals surface area contributed by atoms with E-state index in [2.05, 4.69) is 14.7 Å². The average molecular weight is 251 g/mol. The highest BCUT2D eigenvalue weighted by molar-refractivity contribution is 7.92. The van der Waals surface area contributed by atoms with Crippen molar-refractivity contribution in [1.29, 1.82) is 0 Å². The standard InChI is InChI=1S/C11H13N3O2S/c1-8-3-5-10(6-4-8)14-17(15,16)11-7-12-9(2)13-11/h3-7,14H,1-2H3,(H,12,13). The molecule has 1 heterocycles. The van der Waals surface area contributed by atoms with Crippen LogP contribution < -0.4 is 4.72 Å². The quantitative estimate of drug-likeness (QED) is 0.873. The number of nitrogens with zero attached hydrogens (tertiary/aromatic N) is 1. The van der Waals surface area contributed by atoms with Crippen LogP contribution in [0.1, 0.15) is 11.4 Å². The zero-order valence-corrected chi connectivity index (χ0v) is 10.4. The second kappa shape index (κ2) is 4.21. The van der Waals surface area contributed by atoms with Crippen LogP contribution in [-0.2, 0) is 10.0 Å². The highest BCUT2D eigenvalue weighted by Crippen LogP contribution is 2.14. The molecule has 90 valence electrons. The molecule has 0 atom stereocenters. The molecule has 2 rings (SSSR count). The highest BCUT2D eigenvalue weighted by atomic mass is 32.2. The summed E-state index contributed by atoms with van der Waals surface area (Å²) in [6.45, 7) is 3.64. The molecular weight excluding hydrogens is 238 g/mol. The Labute approximate surface area is 100.0 Å². The number of benzene rings is 1. The molecule has 0 spiro atoms. The van der Waals surface area contributed by atoms with Gasteiger partial charge in [0.15, 0.2) is 5.03 Å². The van der Waals surface area contributed by atoms with Gasteiger partial charge in [-0.25, -0.2) is 4.98 Å². The third-order valence-corrected chi connectivity index (χ3v) is 3.56. The number of sulfonamides is 1. The van der Waals surface area contributed by atoms with Gasteiger partial charge in [-0.15, -0.1) is 0 Å². The van der Waals surface area contributed by atoms with E-state index in [4.69, 9.17) is 0 Å². The molecule has 0 aliphatic rings. The summed E-state index contributed by atoms with van der Waals surface area (Å²) in [7, 11) is -3.57. The molecule has 0 aliphatic carbocycles. The lowest BCUT2D eigenvalue weighted by molar-refractivity contribution is 0.598. The first-order chi connectivity index (χ1) is 7.97. The Balaban J connectivity index is 2.26. The number of hydrogen-bond donors (Lipinski definition) is 2. The van der Waals surface area contributed by atoms with Crippen molar-refractivity contribution in [3.8, 4) is 0 Å². The molecule has 0 aliphatic heterocycles. The second-order valence-corrected chi connectivity index (χ2v) is 5.46. The SMILES string of the molecule is Cc1ccc(NS(=O)(=O)c2cnc(C)[nH]2)cc1. The van der Waals surface area contributed by atoms with Gasteiger partial charge in [-0.05, 0) is 26.0 Å². The van der Waals surface area contributed by atoms with Crippen LogP contribution in [0, 0.1) is 13.8 Å². The molecule has 0 fully saturated rings. The Kier molecular flexibility index (Phi) is 2.89. The molecule has 6 heteroatoms. The first-order valence-electron chi connectivity index (χ1n) is 5.08. The first-order valence-corrected chi connectivity index (χ1v) is 6.57. The third kappa shape index (κ3) is 2.65. The van der Waals surface area contributed by atoms with Gasteiger partial charge in [-0.1, -0.05) is 17.7 Å². The summed E-state index contributed by atoms with van der Waals surface area (Å²) in [5, 5.41) is 0.0653. The van der Waals surface area contributed by atoms with Crippen LogP contribution >= 0.6 is 0 Å². The molecule has 0 bridgehead atoms. The monoisotopic (exact) mass is 251 g/mol. The van der Waals surface area contributed by atoms with Crippen LogP contribution in [0.3, 0.4) is 0 Å². The van der Waals surface area contributed by atoms with Gasteiger partial charge in [0.2, 0.25) is 0 Å². The van der Waals surface area contributed by atoms with Gasteiger partial charge in [0.05, 0.1) is 6.20 Å². The van der Waals surface area contributed by atoms with Crippen LogP contribution in [0.5, 0.6) is 0 Å². The molecule has 17 heavy (non-hydrogen) atoms. The largest absolute Gasteiger partial charge is 0.332 e. The van der Waals surface area contributed by atoms with E-state index in [0.29, 0.717) is 11.5 Å². The summed E-state index contributed by atoms with van der Waals surface area (Å²) < 4.78 is 26.3. The zero-order chi connectivity index (χ0) is 12.5. The number of H-pyrrole nitrogens is 1. The molecule has 0 saturated carbocycles. The lowest BCUT2D eigenvalue weighted by Gasteiger charge is -2.05. The Hall–Kier alpha value is -1.82. The van der Waals surface area contributed by atoms with E-state index < -0.39 is 10.0 Å². The predicted molar refractivity (Wildman–Crippen MR) is 65.3 cm³/mol. The molecule has 0 radical (unpaired) electrons. The van der Waals surface area contributed by atoms with Gasteiger partial charge in [0, 0.05) is 5.69 Å². The summed E-state index contributed by atoms with van der Waals surface area (Å²) in [6, 6.07) is 7.12. The number of nitrogens with one attached hydrogen (secondary N) is 2. The minimum atomic E-state index is -3.57. The summed E-state index contributed by atoms with van der Waals surface area (Å²) >= 11 is 0. The van der Waals surface area contributed by atoms with Crippen molar-refractivity contribution in [3.63, 3.8) is 0 Å². The molecule has 2 N–H and O–H groups in total. The predicted octanol–water partition coefficient (Wildman–Crippen LogP) is 1.83. The highest BCUT2D eigenvalue weighted by Gasteiger charge is 2.16. The maximum Gasteiger partial charge on any atom is 0.278 e. The molecule has 1 aromatic heterocycles. The fraction of sp³-hybridized carbons (Fsp3) is 0.182. The summed E-state index contributed by atoms with van der Waals surface area (Å²) in [6.07, 6.45) is 1.30. The number of hydrogen-bond acceptors (Lipinski definition) is 3. The number of anilines is 1. The third-order valence-electron chi connectivity index (χ3n) is 2.27. The Bertz CT molecular complexity index is 614. The normalized spacial score (nSPS) is 11.4. The van der Waals surface area contributed by atoms with Gasteiger partial charge in [-0.3, -0.25) is 4.72 Å².